The summed E-state index contributed by atoms with van der Waals surface area (Å²) in [6.45, 7) is 0.700. The van der Waals surface area contributed by atoms with E-state index < -0.39 is 6.36 Å². The van der Waals surface area contributed by atoms with Crippen molar-refractivity contribution in [1.82, 2.24) is 9.88 Å². The average Bonchev–Trinajstić information content (AvgIpc) is 3.26. The van der Waals surface area contributed by atoms with E-state index in [-0.39, 0.29) is 17.7 Å². The Morgan fingerprint density at radius 3 is 2.61 bits per heavy atom. The van der Waals surface area contributed by atoms with Gasteiger partial charge in [-0.3, -0.25) is 9.59 Å². The number of ether oxygens (including phenoxy) is 1. The summed E-state index contributed by atoms with van der Waals surface area (Å²) in [6.07, 6.45) is -3.53. The van der Waals surface area contributed by atoms with Gasteiger partial charge in [0, 0.05) is 23.2 Å². The lowest BCUT2D eigenvalue weighted by molar-refractivity contribution is -0.274. The number of halogens is 3. The van der Waals surface area contributed by atoms with Crippen molar-refractivity contribution in [2.75, 3.05) is 13.1 Å². The van der Waals surface area contributed by atoms with Gasteiger partial charge >= 0.3 is 6.36 Å². The van der Waals surface area contributed by atoms with Gasteiger partial charge in [0.2, 0.25) is 0 Å². The summed E-state index contributed by atoms with van der Waals surface area (Å²) in [6, 6.07) is 18.1. The van der Waals surface area contributed by atoms with Gasteiger partial charge in [-0.1, -0.05) is 48.5 Å². The van der Waals surface area contributed by atoms with Crippen LogP contribution in [0.5, 0.6) is 5.75 Å². The monoisotopic (exact) mass is 493 g/mol. The van der Waals surface area contributed by atoms with Crippen molar-refractivity contribution in [3.05, 3.63) is 78.0 Å². The number of amides is 1. The molecule has 1 aliphatic rings. The molecule has 184 valence electrons. The van der Waals surface area contributed by atoms with Crippen molar-refractivity contribution in [2.24, 2.45) is 5.73 Å². The second-order valence-electron chi connectivity index (χ2n) is 8.54. The molecule has 6 nitrogen and oxygen atoms in total. The standard InChI is InChI=1S/C27H22F3N3O3/c28-27(29,30)36-19-6-3-5-17(12-19)22-13-24-26(35)32-14-18(10-11-31)33(24)25(22)21-9-8-16-4-1-2-7-20(16)23(21)15-34/h1-9,12-13,15,18H,10-11,14,31H2,(H,32,35)/t18-/m0/s1. The van der Waals surface area contributed by atoms with Crippen LogP contribution in [-0.2, 0) is 0 Å². The SMILES string of the molecule is NCC[C@H]1CNC(=O)c2cc(-c3cccc(OC(F)(F)F)c3)c(-c3ccc4ccccc4c3C=O)n21. The average molecular weight is 493 g/mol. The molecule has 9 heteroatoms. The summed E-state index contributed by atoms with van der Waals surface area (Å²) in [5.41, 5.74) is 8.69. The first-order valence-corrected chi connectivity index (χ1v) is 11.4. The van der Waals surface area contributed by atoms with Crippen molar-refractivity contribution in [2.45, 2.75) is 18.8 Å². The number of alkyl halides is 3. The number of aromatic nitrogens is 1. The number of aldehydes is 1. The van der Waals surface area contributed by atoms with Crippen LogP contribution < -0.4 is 15.8 Å². The lowest BCUT2D eigenvalue weighted by Crippen LogP contribution is -2.39. The van der Waals surface area contributed by atoms with Crippen molar-refractivity contribution in [3.63, 3.8) is 0 Å². The molecule has 4 aromatic rings. The molecule has 0 saturated heterocycles. The molecule has 0 aliphatic carbocycles. The third-order valence-corrected chi connectivity index (χ3v) is 6.35. The topological polar surface area (TPSA) is 86.3 Å². The summed E-state index contributed by atoms with van der Waals surface area (Å²) in [5.74, 6) is -0.695. The second kappa shape index (κ2) is 9.16. The van der Waals surface area contributed by atoms with Gasteiger partial charge in [-0.2, -0.15) is 0 Å². The Balaban J connectivity index is 1.81. The molecular weight excluding hydrogens is 471 g/mol. The molecule has 1 aromatic heterocycles. The molecule has 0 spiro atoms. The van der Waals surface area contributed by atoms with Crippen LogP contribution in [0.15, 0.2) is 66.7 Å². The molecule has 0 saturated carbocycles. The van der Waals surface area contributed by atoms with Gasteiger partial charge in [-0.15, -0.1) is 13.2 Å². The Kier molecular flexibility index (Phi) is 6.01. The largest absolute Gasteiger partial charge is 0.573 e. The van der Waals surface area contributed by atoms with Crippen LogP contribution in [0.1, 0.15) is 33.3 Å². The van der Waals surface area contributed by atoms with E-state index in [9.17, 15) is 22.8 Å². The number of rotatable bonds is 6. The fraction of sp³-hybridized carbons (Fsp3) is 0.185. The number of nitrogens with two attached hydrogens (primary N) is 1. The zero-order valence-corrected chi connectivity index (χ0v) is 19.0. The molecular formula is C27H22F3N3O3. The van der Waals surface area contributed by atoms with Crippen molar-refractivity contribution >= 4 is 23.0 Å². The van der Waals surface area contributed by atoms with Crippen LogP contribution in [0.4, 0.5) is 13.2 Å². The summed E-state index contributed by atoms with van der Waals surface area (Å²) >= 11 is 0. The summed E-state index contributed by atoms with van der Waals surface area (Å²) in [5, 5.41) is 4.46. The van der Waals surface area contributed by atoms with E-state index in [0.29, 0.717) is 53.2 Å². The number of carbonyl (C=O) groups excluding carboxylic acids is 2. The van der Waals surface area contributed by atoms with E-state index in [4.69, 9.17) is 5.73 Å². The Morgan fingerprint density at radius 2 is 1.86 bits per heavy atom. The summed E-state index contributed by atoms with van der Waals surface area (Å²) < 4.78 is 44.7. The number of hydrogen-bond acceptors (Lipinski definition) is 4. The van der Waals surface area contributed by atoms with Crippen molar-refractivity contribution in [3.8, 4) is 28.1 Å². The molecule has 3 N–H and O–H groups in total. The first-order chi connectivity index (χ1) is 17.3. The maximum atomic E-state index is 12.9. The summed E-state index contributed by atoms with van der Waals surface area (Å²) in [4.78, 5) is 25.3. The van der Waals surface area contributed by atoms with Gasteiger partial charge in [0.05, 0.1) is 11.7 Å². The fourth-order valence-corrected chi connectivity index (χ4v) is 4.88. The number of fused-ring (bicyclic) bond motifs is 2. The normalized spacial score (nSPS) is 15.4. The van der Waals surface area contributed by atoms with Gasteiger partial charge in [0.25, 0.3) is 5.91 Å². The minimum atomic E-state index is -4.85. The highest BCUT2D eigenvalue weighted by Crippen LogP contribution is 2.42. The Hall–Kier alpha value is -4.11. The molecule has 3 aromatic carbocycles. The maximum Gasteiger partial charge on any atom is 0.573 e. The molecule has 1 atom stereocenters. The van der Waals surface area contributed by atoms with E-state index in [2.05, 4.69) is 10.1 Å². The highest BCUT2D eigenvalue weighted by Gasteiger charge is 2.33. The lowest BCUT2D eigenvalue weighted by Gasteiger charge is -2.29. The molecule has 2 heterocycles. The van der Waals surface area contributed by atoms with Gasteiger partial charge in [0.1, 0.15) is 11.4 Å². The first kappa shape index (κ1) is 23.6. The van der Waals surface area contributed by atoms with Gasteiger partial charge < -0.3 is 20.4 Å². The highest BCUT2D eigenvalue weighted by atomic mass is 19.4. The van der Waals surface area contributed by atoms with Crippen LogP contribution in [0, 0.1) is 0 Å². The minimum absolute atomic E-state index is 0.202. The van der Waals surface area contributed by atoms with Crippen molar-refractivity contribution < 1.29 is 27.5 Å². The molecule has 0 bridgehead atoms. The first-order valence-electron chi connectivity index (χ1n) is 11.4. The molecule has 36 heavy (non-hydrogen) atoms. The van der Waals surface area contributed by atoms with Gasteiger partial charge in [-0.05, 0) is 47.5 Å². The molecule has 5 rings (SSSR count). The third kappa shape index (κ3) is 4.22. The maximum absolute atomic E-state index is 12.9. The Bertz CT molecular complexity index is 1480. The highest BCUT2D eigenvalue weighted by molar-refractivity contribution is 6.07. The predicted octanol–water partition coefficient (Wildman–Crippen LogP) is 5.32. The Labute approximate surface area is 204 Å². The zero-order valence-electron chi connectivity index (χ0n) is 19.0. The van der Waals surface area contributed by atoms with E-state index in [1.165, 1.54) is 18.2 Å². The van der Waals surface area contributed by atoms with E-state index in [1.807, 2.05) is 34.9 Å². The number of hydrogen-bond donors (Lipinski definition) is 2. The third-order valence-electron chi connectivity index (χ3n) is 6.35. The van der Waals surface area contributed by atoms with Crippen LogP contribution in [0.25, 0.3) is 33.2 Å². The fourth-order valence-electron chi connectivity index (χ4n) is 4.88. The van der Waals surface area contributed by atoms with Gasteiger partial charge in [0.15, 0.2) is 6.29 Å². The quantitative estimate of drug-likeness (QED) is 0.356. The van der Waals surface area contributed by atoms with Crippen LogP contribution in [-0.4, -0.2) is 36.2 Å². The number of nitrogens with one attached hydrogen (secondary N) is 1. The Morgan fingerprint density at radius 1 is 1.06 bits per heavy atom. The van der Waals surface area contributed by atoms with E-state index >= 15 is 0 Å². The van der Waals surface area contributed by atoms with E-state index in [1.54, 1.807) is 18.2 Å². The lowest BCUT2D eigenvalue weighted by atomic mass is 9.93. The molecule has 0 fully saturated rings. The predicted molar refractivity (Wildman–Crippen MR) is 130 cm³/mol. The van der Waals surface area contributed by atoms with Crippen LogP contribution in [0.2, 0.25) is 0 Å². The number of benzene rings is 3. The number of nitrogens with zero attached hydrogens (tertiary/aromatic N) is 1. The molecule has 0 radical (unpaired) electrons. The van der Waals surface area contributed by atoms with Crippen LogP contribution in [0.3, 0.4) is 0 Å². The molecule has 1 aliphatic heterocycles. The number of carbonyl (C=O) groups is 2. The molecule has 0 unspecified atom stereocenters. The minimum Gasteiger partial charge on any atom is -0.406 e. The molecule has 1 amide bonds. The van der Waals surface area contributed by atoms with Gasteiger partial charge in [-0.25, -0.2) is 0 Å². The zero-order chi connectivity index (χ0) is 25.4. The van der Waals surface area contributed by atoms with E-state index in [0.717, 1.165) is 17.1 Å². The summed E-state index contributed by atoms with van der Waals surface area (Å²) in [7, 11) is 0. The van der Waals surface area contributed by atoms with Crippen molar-refractivity contribution in [1.29, 1.82) is 0 Å². The smallest absolute Gasteiger partial charge is 0.406 e. The second-order valence-corrected chi connectivity index (χ2v) is 8.54. The van der Waals surface area contributed by atoms with Crippen LogP contribution >= 0.6 is 0 Å².